The number of Topliss-reactive ketones (excluding diaryl/α,β-unsaturated/α-hetero) is 1. The number of rotatable bonds is 8. The lowest BCUT2D eigenvalue weighted by Crippen LogP contribution is -2.21. The van der Waals surface area contributed by atoms with Crippen LogP contribution in [0.25, 0.3) is 6.08 Å². The van der Waals surface area contributed by atoms with Crippen LogP contribution in [0.5, 0.6) is 17.2 Å². The molecule has 1 aliphatic heterocycles. The van der Waals surface area contributed by atoms with E-state index in [9.17, 15) is 9.59 Å². The second-order valence-corrected chi connectivity index (χ2v) is 7.23. The van der Waals surface area contributed by atoms with Crippen LogP contribution in [0.2, 0.25) is 0 Å². The molecule has 168 valence electrons. The third-order valence-corrected chi connectivity index (χ3v) is 5.00. The average Bonchev–Trinajstić information content (AvgIpc) is 3.14. The van der Waals surface area contributed by atoms with E-state index in [1.807, 2.05) is 49.4 Å². The van der Waals surface area contributed by atoms with Crippen molar-refractivity contribution < 1.29 is 28.5 Å². The van der Waals surface area contributed by atoms with Gasteiger partial charge < -0.3 is 18.9 Å². The van der Waals surface area contributed by atoms with Crippen LogP contribution in [0.15, 0.2) is 78.6 Å². The van der Waals surface area contributed by atoms with E-state index in [0.717, 1.165) is 5.56 Å². The molecular weight excluding hydrogens is 420 g/mol. The molecule has 3 aromatic carbocycles. The highest BCUT2D eigenvalue weighted by atomic mass is 16.6. The molecule has 0 N–H and O–H groups in total. The van der Waals surface area contributed by atoms with Crippen molar-refractivity contribution in [3.05, 3.63) is 95.2 Å². The smallest absolute Gasteiger partial charge is 0.352 e. The summed E-state index contributed by atoms with van der Waals surface area (Å²) in [6, 6.07) is 21.4. The molecular formula is C27H24O6. The summed E-state index contributed by atoms with van der Waals surface area (Å²) in [5.74, 6) is 0.901. The fourth-order valence-corrected chi connectivity index (χ4v) is 3.50. The lowest BCUT2D eigenvalue weighted by molar-refractivity contribution is -0.151. The Morgan fingerprint density at radius 3 is 2.48 bits per heavy atom. The number of hydrogen-bond acceptors (Lipinski definition) is 6. The maximum absolute atomic E-state index is 12.9. The Kier molecular flexibility index (Phi) is 6.74. The van der Waals surface area contributed by atoms with Crippen molar-refractivity contribution in [2.45, 2.75) is 20.0 Å². The summed E-state index contributed by atoms with van der Waals surface area (Å²) in [6.07, 6.45) is 0.730. The molecule has 1 atom stereocenters. The molecule has 33 heavy (non-hydrogen) atoms. The van der Waals surface area contributed by atoms with Crippen LogP contribution in [-0.4, -0.2) is 25.0 Å². The molecule has 0 aromatic heterocycles. The Morgan fingerprint density at radius 1 is 0.970 bits per heavy atom. The minimum absolute atomic E-state index is 0.194. The van der Waals surface area contributed by atoms with Gasteiger partial charge in [0.05, 0.1) is 18.8 Å². The molecule has 0 saturated heterocycles. The van der Waals surface area contributed by atoms with Crippen LogP contribution < -0.4 is 14.2 Å². The second kappa shape index (κ2) is 10.0. The molecule has 6 nitrogen and oxygen atoms in total. The summed E-state index contributed by atoms with van der Waals surface area (Å²) in [6.45, 7) is 4.40. The number of allylic oxidation sites excluding steroid dienone is 1. The predicted molar refractivity (Wildman–Crippen MR) is 123 cm³/mol. The molecule has 3 aromatic rings. The third kappa shape index (κ3) is 4.90. The van der Waals surface area contributed by atoms with E-state index in [-0.39, 0.29) is 18.1 Å². The molecule has 1 aliphatic rings. The zero-order chi connectivity index (χ0) is 23.2. The van der Waals surface area contributed by atoms with Gasteiger partial charge in [-0.25, -0.2) is 4.79 Å². The van der Waals surface area contributed by atoms with E-state index in [1.54, 1.807) is 43.3 Å². The van der Waals surface area contributed by atoms with Gasteiger partial charge >= 0.3 is 5.97 Å². The standard InChI is InChI=1S/C27H24O6/c1-3-30-22-13-9-8-12-19(22)16-24-25(28)21-15-14-20(17-23(21)33-24)32-26(27(29)31-4-2)18-10-6-5-7-11-18/h5-17,26H,3-4H2,1-2H3/b24-16-. The van der Waals surface area contributed by atoms with Crippen molar-refractivity contribution in [2.24, 2.45) is 0 Å². The molecule has 1 heterocycles. The molecule has 0 fully saturated rings. The molecule has 0 amide bonds. The van der Waals surface area contributed by atoms with Gasteiger partial charge in [0.15, 0.2) is 5.76 Å². The quantitative estimate of drug-likeness (QED) is 0.343. The topological polar surface area (TPSA) is 71.1 Å². The van der Waals surface area contributed by atoms with Crippen molar-refractivity contribution in [3.8, 4) is 17.2 Å². The maximum Gasteiger partial charge on any atom is 0.352 e. The average molecular weight is 444 g/mol. The van der Waals surface area contributed by atoms with Gasteiger partial charge in [0.2, 0.25) is 11.9 Å². The maximum atomic E-state index is 12.9. The summed E-state index contributed by atoms with van der Waals surface area (Å²) < 4.78 is 22.6. The Hall–Kier alpha value is -4.06. The number of ketones is 1. The summed E-state index contributed by atoms with van der Waals surface area (Å²) in [7, 11) is 0. The first-order valence-corrected chi connectivity index (χ1v) is 10.8. The third-order valence-electron chi connectivity index (χ3n) is 5.00. The normalized spacial score (nSPS) is 14.4. The van der Waals surface area contributed by atoms with Crippen molar-refractivity contribution in [1.82, 2.24) is 0 Å². The molecule has 0 saturated carbocycles. The first kappa shape index (κ1) is 22.1. The summed E-state index contributed by atoms with van der Waals surface area (Å²) in [5, 5.41) is 0. The predicted octanol–water partition coefficient (Wildman–Crippen LogP) is 5.38. The Labute approximate surface area is 192 Å². The Balaban J connectivity index is 1.59. The first-order chi connectivity index (χ1) is 16.1. The van der Waals surface area contributed by atoms with Crippen molar-refractivity contribution in [1.29, 1.82) is 0 Å². The van der Waals surface area contributed by atoms with Crippen LogP contribution in [-0.2, 0) is 9.53 Å². The van der Waals surface area contributed by atoms with E-state index in [0.29, 0.717) is 35.0 Å². The molecule has 0 radical (unpaired) electrons. The van der Waals surface area contributed by atoms with Gasteiger partial charge in [-0.05, 0) is 38.1 Å². The van der Waals surface area contributed by atoms with Gasteiger partial charge in [-0.2, -0.15) is 0 Å². The van der Waals surface area contributed by atoms with E-state index >= 15 is 0 Å². The zero-order valence-corrected chi connectivity index (χ0v) is 18.4. The van der Waals surface area contributed by atoms with Crippen LogP contribution in [0, 0.1) is 0 Å². The second-order valence-electron chi connectivity index (χ2n) is 7.23. The molecule has 0 aliphatic carbocycles. The van der Waals surface area contributed by atoms with Crippen LogP contribution in [0.1, 0.15) is 41.4 Å². The minimum Gasteiger partial charge on any atom is -0.493 e. The highest BCUT2D eigenvalue weighted by molar-refractivity contribution is 6.14. The number of carbonyl (C=O) groups excluding carboxylic acids is 2. The van der Waals surface area contributed by atoms with Crippen molar-refractivity contribution in [3.63, 3.8) is 0 Å². The fourth-order valence-electron chi connectivity index (χ4n) is 3.50. The fraction of sp³-hybridized carbons (Fsp3) is 0.185. The van der Waals surface area contributed by atoms with Gasteiger partial charge in [-0.15, -0.1) is 0 Å². The molecule has 0 bridgehead atoms. The van der Waals surface area contributed by atoms with Gasteiger partial charge in [-0.1, -0.05) is 48.5 Å². The monoisotopic (exact) mass is 444 g/mol. The van der Waals surface area contributed by atoms with E-state index < -0.39 is 12.1 Å². The molecule has 4 rings (SSSR count). The van der Waals surface area contributed by atoms with Gasteiger partial charge in [-0.3, -0.25) is 4.79 Å². The van der Waals surface area contributed by atoms with E-state index in [1.165, 1.54) is 0 Å². The first-order valence-electron chi connectivity index (χ1n) is 10.8. The highest BCUT2D eigenvalue weighted by Crippen LogP contribution is 2.37. The molecule has 1 unspecified atom stereocenters. The number of para-hydroxylation sites is 1. The molecule has 6 heteroatoms. The lowest BCUT2D eigenvalue weighted by Gasteiger charge is -2.18. The number of esters is 1. The molecule has 0 spiro atoms. The number of benzene rings is 3. The largest absolute Gasteiger partial charge is 0.493 e. The highest BCUT2D eigenvalue weighted by Gasteiger charge is 2.30. The van der Waals surface area contributed by atoms with Crippen LogP contribution in [0.4, 0.5) is 0 Å². The zero-order valence-electron chi connectivity index (χ0n) is 18.4. The van der Waals surface area contributed by atoms with Crippen LogP contribution in [0.3, 0.4) is 0 Å². The Morgan fingerprint density at radius 2 is 1.73 bits per heavy atom. The summed E-state index contributed by atoms with van der Waals surface area (Å²) in [5.41, 5.74) is 1.84. The Bertz CT molecular complexity index is 1180. The van der Waals surface area contributed by atoms with Crippen molar-refractivity contribution in [2.75, 3.05) is 13.2 Å². The van der Waals surface area contributed by atoms with Gasteiger partial charge in [0.1, 0.15) is 17.2 Å². The number of hydrogen-bond donors (Lipinski definition) is 0. The van der Waals surface area contributed by atoms with Crippen molar-refractivity contribution >= 4 is 17.8 Å². The minimum atomic E-state index is -0.936. The number of carbonyl (C=O) groups is 2. The van der Waals surface area contributed by atoms with Gasteiger partial charge in [0, 0.05) is 17.2 Å². The summed E-state index contributed by atoms with van der Waals surface area (Å²) >= 11 is 0. The summed E-state index contributed by atoms with van der Waals surface area (Å²) in [4.78, 5) is 25.4. The van der Waals surface area contributed by atoms with Gasteiger partial charge in [0.25, 0.3) is 0 Å². The lowest BCUT2D eigenvalue weighted by atomic mass is 10.1. The number of fused-ring (bicyclic) bond motifs is 1. The van der Waals surface area contributed by atoms with Crippen LogP contribution >= 0.6 is 0 Å². The van der Waals surface area contributed by atoms with E-state index in [4.69, 9.17) is 18.9 Å². The SMILES string of the molecule is CCOC(=O)C(Oc1ccc2c(c1)O/C(=C\c1ccccc1OCC)C2=O)c1ccccc1. The van der Waals surface area contributed by atoms with E-state index in [2.05, 4.69) is 0 Å². The number of ether oxygens (including phenoxy) is 4.